The molecule has 28 heavy (non-hydrogen) atoms. The lowest BCUT2D eigenvalue weighted by Crippen LogP contribution is -2.21. The SMILES string of the molecule is CC1=N/C(=C(/c2ccc(C)n2B(F)F)c2nc3ccccc3n2B(F)F)C=C1. The molecule has 0 saturated heterocycles. The molecule has 1 aliphatic rings. The fourth-order valence-electron chi connectivity index (χ4n) is 3.40. The van der Waals surface area contributed by atoms with Crippen LogP contribution in [0, 0.1) is 6.92 Å². The summed E-state index contributed by atoms with van der Waals surface area (Å²) in [5, 5.41) is 0. The molecule has 0 saturated carbocycles. The van der Waals surface area contributed by atoms with Crippen molar-refractivity contribution in [1.82, 2.24) is 13.9 Å². The van der Waals surface area contributed by atoms with Crippen LogP contribution in [0.25, 0.3) is 16.6 Å². The van der Waals surface area contributed by atoms with E-state index in [-0.39, 0.29) is 22.6 Å². The van der Waals surface area contributed by atoms with E-state index in [0.29, 0.717) is 22.6 Å². The van der Waals surface area contributed by atoms with Gasteiger partial charge in [0, 0.05) is 17.1 Å². The van der Waals surface area contributed by atoms with Crippen LogP contribution in [0.2, 0.25) is 0 Å². The Kier molecular flexibility index (Phi) is 4.49. The Bertz CT molecular complexity index is 1160. The number of aliphatic imine (C=N–C) groups is 1. The molecule has 140 valence electrons. The quantitative estimate of drug-likeness (QED) is 0.483. The van der Waals surface area contributed by atoms with Gasteiger partial charge in [-0.2, -0.15) is 0 Å². The van der Waals surface area contributed by atoms with E-state index in [2.05, 4.69) is 9.98 Å². The van der Waals surface area contributed by atoms with Gasteiger partial charge in [0.1, 0.15) is 5.82 Å². The summed E-state index contributed by atoms with van der Waals surface area (Å²) in [4.78, 5) is 8.70. The number of halogens is 4. The second kappa shape index (κ2) is 6.85. The first-order chi connectivity index (χ1) is 13.4. The van der Waals surface area contributed by atoms with Crippen LogP contribution in [0.1, 0.15) is 24.1 Å². The molecule has 3 aromatic rings. The number of aromatic nitrogens is 3. The summed E-state index contributed by atoms with van der Waals surface area (Å²) < 4.78 is 57.0. The molecular weight excluding hydrogens is 370 g/mol. The summed E-state index contributed by atoms with van der Waals surface area (Å²) >= 11 is 0. The van der Waals surface area contributed by atoms with E-state index in [1.54, 1.807) is 37.3 Å². The maximum Gasteiger partial charge on any atom is 0.679 e. The molecule has 0 radical (unpaired) electrons. The average Bonchev–Trinajstić information content (AvgIpc) is 3.32. The predicted molar refractivity (Wildman–Crippen MR) is 104 cm³/mol. The van der Waals surface area contributed by atoms with Crippen molar-refractivity contribution >= 4 is 37.1 Å². The Morgan fingerprint density at radius 1 is 0.893 bits per heavy atom. The molecule has 1 aliphatic heterocycles. The normalized spacial score (nSPS) is 15.3. The third-order valence-corrected chi connectivity index (χ3v) is 4.62. The second-order valence-electron chi connectivity index (χ2n) is 6.43. The molecular formula is C18H14B2F4N4. The van der Waals surface area contributed by atoms with Crippen LogP contribution in [-0.2, 0) is 0 Å². The van der Waals surface area contributed by atoms with Crippen molar-refractivity contribution in [3.8, 4) is 0 Å². The van der Waals surface area contributed by atoms with Crippen LogP contribution in [0.15, 0.2) is 59.2 Å². The Morgan fingerprint density at radius 2 is 1.61 bits per heavy atom. The third kappa shape index (κ3) is 2.89. The van der Waals surface area contributed by atoms with Crippen LogP contribution in [0.4, 0.5) is 17.3 Å². The van der Waals surface area contributed by atoms with Crippen LogP contribution in [-0.4, -0.2) is 34.5 Å². The molecule has 4 rings (SSSR count). The van der Waals surface area contributed by atoms with Gasteiger partial charge in [0.15, 0.2) is 0 Å². The van der Waals surface area contributed by atoms with Gasteiger partial charge in [0.05, 0.1) is 22.3 Å². The molecule has 0 atom stereocenters. The van der Waals surface area contributed by atoms with Gasteiger partial charge < -0.3 is 8.96 Å². The Balaban J connectivity index is 2.10. The number of benzene rings is 1. The molecule has 2 aromatic heterocycles. The lowest BCUT2D eigenvalue weighted by Gasteiger charge is -2.14. The molecule has 0 bridgehead atoms. The first-order valence-electron chi connectivity index (χ1n) is 8.58. The molecule has 0 fully saturated rings. The van der Waals surface area contributed by atoms with E-state index in [9.17, 15) is 17.3 Å². The van der Waals surface area contributed by atoms with Crippen molar-refractivity contribution in [2.75, 3.05) is 0 Å². The number of para-hydroxylation sites is 2. The lowest BCUT2D eigenvalue weighted by molar-refractivity contribution is 0.623. The minimum absolute atomic E-state index is 0.0859. The van der Waals surface area contributed by atoms with E-state index in [1.165, 1.54) is 25.1 Å². The summed E-state index contributed by atoms with van der Waals surface area (Å²) in [5.74, 6) is -0.102. The summed E-state index contributed by atoms with van der Waals surface area (Å²) in [6.45, 7) is 3.28. The average molecular weight is 384 g/mol. The number of rotatable bonds is 4. The minimum atomic E-state index is -2.90. The number of imidazole rings is 1. The second-order valence-corrected chi connectivity index (χ2v) is 6.43. The maximum atomic E-state index is 14.0. The molecule has 0 N–H and O–H groups in total. The van der Waals surface area contributed by atoms with Gasteiger partial charge in [0.25, 0.3) is 0 Å². The largest absolute Gasteiger partial charge is 0.679 e. The fourth-order valence-corrected chi connectivity index (χ4v) is 3.40. The van der Waals surface area contributed by atoms with Crippen molar-refractivity contribution in [1.29, 1.82) is 0 Å². The standard InChI is InChI=1S/C18H14B2F4N4/c1-11-7-9-14(25-11)17(16-10-8-12(2)27(16)19(21)22)18-26-13-5-3-4-6-15(13)28(18)20(23)24/h3-10H,1-2H3/b17-14-. The molecule has 1 aromatic carbocycles. The molecule has 0 aliphatic carbocycles. The Hall–Kier alpha value is -3.03. The van der Waals surface area contributed by atoms with Crippen molar-refractivity contribution in [2.45, 2.75) is 13.8 Å². The van der Waals surface area contributed by atoms with Gasteiger partial charge in [-0.1, -0.05) is 12.1 Å². The highest BCUT2D eigenvalue weighted by Gasteiger charge is 2.32. The van der Waals surface area contributed by atoms with E-state index < -0.39 is 14.8 Å². The van der Waals surface area contributed by atoms with E-state index in [4.69, 9.17) is 0 Å². The highest BCUT2D eigenvalue weighted by atomic mass is 19.2. The van der Waals surface area contributed by atoms with Crippen LogP contribution in [0.3, 0.4) is 0 Å². The topological polar surface area (TPSA) is 35.1 Å². The number of hydrogen-bond acceptors (Lipinski definition) is 2. The third-order valence-electron chi connectivity index (χ3n) is 4.62. The maximum absolute atomic E-state index is 14.0. The van der Waals surface area contributed by atoms with Gasteiger partial charge >= 0.3 is 14.8 Å². The number of nitrogens with zero attached hydrogens (tertiary/aromatic N) is 4. The zero-order valence-electron chi connectivity index (χ0n) is 15.1. The van der Waals surface area contributed by atoms with Gasteiger partial charge in [-0.25, -0.2) is 4.98 Å². The van der Waals surface area contributed by atoms with Crippen molar-refractivity contribution in [3.63, 3.8) is 0 Å². The zero-order chi connectivity index (χ0) is 20.0. The summed E-state index contributed by atoms with van der Waals surface area (Å²) in [6, 6.07) is 9.45. The first kappa shape index (κ1) is 18.3. The van der Waals surface area contributed by atoms with E-state index in [1.807, 2.05) is 0 Å². The molecule has 0 amide bonds. The Morgan fingerprint density at radius 3 is 2.25 bits per heavy atom. The van der Waals surface area contributed by atoms with Crippen LogP contribution < -0.4 is 0 Å². The van der Waals surface area contributed by atoms with Crippen LogP contribution >= 0.6 is 0 Å². The van der Waals surface area contributed by atoms with Gasteiger partial charge in [-0.3, -0.25) is 22.3 Å². The molecule has 10 heteroatoms. The number of fused-ring (bicyclic) bond motifs is 1. The van der Waals surface area contributed by atoms with Crippen molar-refractivity contribution in [3.05, 3.63) is 71.5 Å². The fraction of sp³-hybridized carbons (Fsp3) is 0.111. The van der Waals surface area contributed by atoms with Gasteiger partial charge in [0.2, 0.25) is 0 Å². The highest BCUT2D eigenvalue weighted by molar-refractivity contribution is 6.43. The lowest BCUT2D eigenvalue weighted by atomic mass is 10.0. The summed E-state index contributed by atoms with van der Waals surface area (Å²) in [6.07, 6.45) is 3.32. The van der Waals surface area contributed by atoms with E-state index >= 15 is 0 Å². The minimum Gasteiger partial charge on any atom is -0.329 e. The molecule has 0 spiro atoms. The summed E-state index contributed by atoms with van der Waals surface area (Å²) in [7, 11) is -5.73. The number of hydrogen-bond donors (Lipinski definition) is 0. The number of aryl methyl sites for hydroxylation is 1. The van der Waals surface area contributed by atoms with Gasteiger partial charge in [-0.15, -0.1) is 0 Å². The summed E-state index contributed by atoms with van der Waals surface area (Å²) in [5.41, 5.74) is 2.07. The molecule has 3 heterocycles. The predicted octanol–water partition coefficient (Wildman–Crippen LogP) is 4.48. The monoisotopic (exact) mass is 384 g/mol. The van der Waals surface area contributed by atoms with Crippen molar-refractivity contribution in [2.24, 2.45) is 4.99 Å². The zero-order valence-corrected chi connectivity index (χ0v) is 15.1. The Labute approximate surface area is 159 Å². The smallest absolute Gasteiger partial charge is 0.329 e. The molecule has 4 nitrogen and oxygen atoms in total. The molecule has 0 unspecified atom stereocenters. The van der Waals surface area contributed by atoms with E-state index in [0.717, 1.165) is 8.96 Å². The van der Waals surface area contributed by atoms with Crippen LogP contribution in [0.5, 0.6) is 0 Å². The highest BCUT2D eigenvalue weighted by Crippen LogP contribution is 2.34. The number of allylic oxidation sites excluding steroid dienone is 2. The van der Waals surface area contributed by atoms with Crippen molar-refractivity contribution < 1.29 is 17.3 Å². The first-order valence-corrected chi connectivity index (χ1v) is 8.58. The van der Waals surface area contributed by atoms with Gasteiger partial charge in [-0.05, 0) is 50.3 Å².